The zero-order valence-electron chi connectivity index (χ0n) is 18.1. The lowest BCUT2D eigenvalue weighted by Gasteiger charge is -2.05. The molecule has 0 radical (unpaired) electrons. The number of carbonyl (C=O) groups excluding carboxylic acids is 1. The first-order valence-electron chi connectivity index (χ1n) is 10.6. The van der Waals surface area contributed by atoms with Gasteiger partial charge in [-0.3, -0.25) is 4.79 Å². The second-order valence-electron chi connectivity index (χ2n) is 7.76. The molecular formula is C26H19N3O4S. The van der Waals surface area contributed by atoms with Gasteiger partial charge in [-0.15, -0.1) is 11.3 Å². The fourth-order valence-electron chi connectivity index (χ4n) is 4.16. The molecule has 0 saturated carbocycles. The maximum absolute atomic E-state index is 13.6. The Bertz CT molecular complexity index is 1570. The van der Waals surface area contributed by atoms with Crippen molar-refractivity contribution in [2.45, 2.75) is 0 Å². The normalized spacial score (nSPS) is 12.3. The first-order chi connectivity index (χ1) is 16.6. The minimum Gasteiger partial charge on any atom is -0.497 e. The molecule has 6 rings (SSSR count). The SMILES string of the molecule is COc1cccc(-c2csc(-c3c(N)c(C(=O)c4ccc5c(c4)OCO5)n4ccccc34)n2)c1. The van der Waals surface area contributed by atoms with Crippen LogP contribution in [0.5, 0.6) is 17.2 Å². The summed E-state index contributed by atoms with van der Waals surface area (Å²) in [6, 6.07) is 18.6. The molecule has 7 nitrogen and oxygen atoms in total. The summed E-state index contributed by atoms with van der Waals surface area (Å²) in [7, 11) is 1.64. The molecule has 0 spiro atoms. The van der Waals surface area contributed by atoms with Gasteiger partial charge in [0.05, 0.1) is 29.6 Å². The third-order valence-corrected chi connectivity index (χ3v) is 6.67. The number of aromatic nitrogens is 2. The van der Waals surface area contributed by atoms with E-state index in [1.54, 1.807) is 25.3 Å². The van der Waals surface area contributed by atoms with Crippen molar-refractivity contribution in [1.29, 1.82) is 0 Å². The molecule has 0 saturated heterocycles. The van der Waals surface area contributed by atoms with Gasteiger partial charge in [-0.05, 0) is 42.5 Å². The van der Waals surface area contributed by atoms with Crippen LogP contribution < -0.4 is 19.9 Å². The first-order valence-corrected chi connectivity index (χ1v) is 11.4. The molecular weight excluding hydrogens is 450 g/mol. The van der Waals surface area contributed by atoms with Crippen LogP contribution in [-0.2, 0) is 0 Å². The molecule has 0 amide bonds. The van der Waals surface area contributed by atoms with Gasteiger partial charge in [-0.25, -0.2) is 4.98 Å². The highest BCUT2D eigenvalue weighted by Crippen LogP contribution is 2.40. The van der Waals surface area contributed by atoms with Gasteiger partial charge in [-0.2, -0.15) is 0 Å². The van der Waals surface area contributed by atoms with Gasteiger partial charge >= 0.3 is 0 Å². The van der Waals surface area contributed by atoms with Gasteiger partial charge in [-0.1, -0.05) is 18.2 Å². The largest absolute Gasteiger partial charge is 0.497 e. The molecule has 2 N–H and O–H groups in total. The first kappa shape index (κ1) is 20.3. The molecule has 2 aromatic carbocycles. The molecule has 0 aliphatic carbocycles. The zero-order valence-corrected chi connectivity index (χ0v) is 19.0. The average molecular weight is 470 g/mol. The number of methoxy groups -OCH3 is 1. The van der Waals surface area contributed by atoms with E-state index >= 15 is 0 Å². The smallest absolute Gasteiger partial charge is 0.231 e. The van der Waals surface area contributed by atoms with Gasteiger partial charge in [0, 0.05) is 22.7 Å². The van der Waals surface area contributed by atoms with E-state index < -0.39 is 0 Å². The van der Waals surface area contributed by atoms with Crippen molar-refractivity contribution in [2.24, 2.45) is 0 Å². The summed E-state index contributed by atoms with van der Waals surface area (Å²) in [4.78, 5) is 18.4. The van der Waals surface area contributed by atoms with Crippen LogP contribution in [0.3, 0.4) is 0 Å². The highest BCUT2D eigenvalue weighted by molar-refractivity contribution is 7.13. The number of ketones is 1. The van der Waals surface area contributed by atoms with Crippen molar-refractivity contribution < 1.29 is 19.0 Å². The molecule has 34 heavy (non-hydrogen) atoms. The molecule has 0 unspecified atom stereocenters. The second-order valence-corrected chi connectivity index (χ2v) is 8.62. The monoisotopic (exact) mass is 469 g/mol. The highest BCUT2D eigenvalue weighted by atomic mass is 32.1. The maximum atomic E-state index is 13.6. The van der Waals surface area contributed by atoms with Crippen molar-refractivity contribution in [3.63, 3.8) is 0 Å². The Morgan fingerprint density at radius 3 is 2.85 bits per heavy atom. The van der Waals surface area contributed by atoms with E-state index in [-0.39, 0.29) is 12.6 Å². The summed E-state index contributed by atoms with van der Waals surface area (Å²) in [5.41, 5.74) is 11.2. The predicted molar refractivity (Wildman–Crippen MR) is 131 cm³/mol. The Morgan fingerprint density at radius 1 is 1.09 bits per heavy atom. The van der Waals surface area contributed by atoms with E-state index in [2.05, 4.69) is 0 Å². The minimum absolute atomic E-state index is 0.146. The number of thiazole rings is 1. The Kier molecular flexibility index (Phi) is 4.74. The molecule has 0 atom stereocenters. The molecule has 1 aliphatic heterocycles. The van der Waals surface area contributed by atoms with E-state index in [0.29, 0.717) is 28.4 Å². The van der Waals surface area contributed by atoms with Gasteiger partial charge in [0.15, 0.2) is 11.5 Å². The number of anilines is 1. The minimum atomic E-state index is -0.201. The van der Waals surface area contributed by atoms with E-state index in [0.717, 1.165) is 33.1 Å². The molecule has 8 heteroatoms. The lowest BCUT2D eigenvalue weighted by Crippen LogP contribution is -2.08. The number of nitrogens with zero attached hydrogens (tertiary/aromatic N) is 2. The van der Waals surface area contributed by atoms with Gasteiger partial charge in [0.25, 0.3) is 0 Å². The molecule has 1 aliphatic rings. The van der Waals surface area contributed by atoms with Crippen LogP contribution in [0, 0.1) is 0 Å². The summed E-state index contributed by atoms with van der Waals surface area (Å²) in [6.45, 7) is 0.146. The summed E-state index contributed by atoms with van der Waals surface area (Å²) in [6.07, 6.45) is 1.84. The van der Waals surface area contributed by atoms with Gasteiger partial charge in [0.1, 0.15) is 16.5 Å². The Labute approximate surface area is 199 Å². The Balaban J connectivity index is 1.47. The quantitative estimate of drug-likeness (QED) is 0.352. The topological polar surface area (TPSA) is 88.1 Å². The highest BCUT2D eigenvalue weighted by Gasteiger charge is 2.26. The zero-order chi connectivity index (χ0) is 23.2. The fourth-order valence-corrected chi connectivity index (χ4v) is 5.06. The fraction of sp³-hybridized carbons (Fsp3) is 0.0769. The predicted octanol–water partition coefficient (Wildman–Crippen LogP) is 5.28. The number of hydrogen-bond donors (Lipinski definition) is 1. The molecule has 4 heterocycles. The lowest BCUT2D eigenvalue weighted by atomic mass is 10.1. The number of fused-ring (bicyclic) bond motifs is 2. The summed E-state index contributed by atoms with van der Waals surface area (Å²) in [5.74, 6) is 1.73. The Morgan fingerprint density at radius 2 is 1.97 bits per heavy atom. The number of carbonyl (C=O) groups is 1. The lowest BCUT2D eigenvalue weighted by molar-refractivity contribution is 0.103. The van der Waals surface area contributed by atoms with Crippen molar-refractivity contribution in [2.75, 3.05) is 19.6 Å². The van der Waals surface area contributed by atoms with Crippen LogP contribution in [0.25, 0.3) is 27.3 Å². The van der Waals surface area contributed by atoms with E-state index in [9.17, 15) is 4.79 Å². The van der Waals surface area contributed by atoms with Crippen LogP contribution >= 0.6 is 11.3 Å². The van der Waals surface area contributed by atoms with Crippen molar-refractivity contribution in [3.8, 4) is 39.1 Å². The van der Waals surface area contributed by atoms with Crippen LogP contribution in [0.2, 0.25) is 0 Å². The molecule has 0 bridgehead atoms. The maximum Gasteiger partial charge on any atom is 0.231 e. The average Bonchev–Trinajstić information content (AvgIpc) is 3.60. The van der Waals surface area contributed by atoms with Crippen molar-refractivity contribution in [3.05, 3.63) is 83.5 Å². The second kappa shape index (κ2) is 7.93. The third kappa shape index (κ3) is 3.19. The summed E-state index contributed by atoms with van der Waals surface area (Å²) < 4.78 is 18.0. The standard InChI is InChI=1S/C26H19N3O4S/c1-31-17-6-4-5-15(11-17)18-13-34-26(28-18)22-19-7-2-3-10-29(19)24(23(22)27)25(30)16-8-9-20-21(12-16)33-14-32-20/h2-13H,14,27H2,1H3. The van der Waals surface area contributed by atoms with Crippen LogP contribution in [0.4, 0.5) is 5.69 Å². The van der Waals surface area contributed by atoms with Gasteiger partial charge in [0.2, 0.25) is 12.6 Å². The third-order valence-electron chi connectivity index (χ3n) is 5.81. The number of nitrogen functional groups attached to an aromatic ring is 1. The Hall–Kier alpha value is -4.30. The number of ether oxygens (including phenoxy) is 3. The molecule has 3 aromatic heterocycles. The van der Waals surface area contributed by atoms with E-state index in [1.807, 2.05) is 58.4 Å². The number of benzene rings is 2. The van der Waals surface area contributed by atoms with E-state index in [1.165, 1.54) is 11.3 Å². The molecule has 168 valence electrons. The van der Waals surface area contributed by atoms with Crippen molar-refractivity contribution >= 4 is 28.3 Å². The van der Waals surface area contributed by atoms with Crippen molar-refractivity contribution in [1.82, 2.24) is 9.38 Å². The number of pyridine rings is 1. The number of nitrogens with two attached hydrogens (primary N) is 1. The van der Waals surface area contributed by atoms with Crippen LogP contribution in [-0.4, -0.2) is 29.1 Å². The number of hydrogen-bond acceptors (Lipinski definition) is 7. The molecule has 0 fully saturated rings. The van der Waals surface area contributed by atoms with Crippen LogP contribution in [0.15, 0.2) is 72.2 Å². The van der Waals surface area contributed by atoms with Gasteiger partial charge < -0.3 is 24.3 Å². The summed E-state index contributed by atoms with van der Waals surface area (Å²) in [5, 5.41) is 2.72. The van der Waals surface area contributed by atoms with E-state index in [4.69, 9.17) is 24.9 Å². The molecule has 5 aromatic rings. The summed E-state index contributed by atoms with van der Waals surface area (Å²) >= 11 is 1.48. The van der Waals surface area contributed by atoms with Crippen LogP contribution in [0.1, 0.15) is 16.1 Å². The number of rotatable bonds is 5.